The molecular formula is C18H36N4O3. The van der Waals surface area contributed by atoms with Crippen molar-refractivity contribution in [2.24, 2.45) is 4.99 Å². The van der Waals surface area contributed by atoms with Crippen molar-refractivity contribution in [2.75, 3.05) is 33.3 Å². The van der Waals surface area contributed by atoms with Gasteiger partial charge in [0.2, 0.25) is 0 Å². The number of hydrogen-bond donors (Lipinski definition) is 2. The van der Waals surface area contributed by atoms with Crippen LogP contribution >= 0.6 is 0 Å². The summed E-state index contributed by atoms with van der Waals surface area (Å²) in [6, 6.07) is 0.104. The summed E-state index contributed by atoms with van der Waals surface area (Å²) >= 11 is 0. The first-order valence-electron chi connectivity index (χ1n) is 9.28. The summed E-state index contributed by atoms with van der Waals surface area (Å²) in [5.41, 5.74) is -0.475. The van der Waals surface area contributed by atoms with Gasteiger partial charge in [-0.3, -0.25) is 4.99 Å². The normalized spacial score (nSPS) is 18.4. The Morgan fingerprint density at radius 2 is 2.08 bits per heavy atom. The summed E-state index contributed by atoms with van der Waals surface area (Å²) in [6.45, 7) is 12.7. The Bertz CT molecular complexity index is 427. The summed E-state index contributed by atoms with van der Waals surface area (Å²) < 4.78 is 11.1. The molecule has 25 heavy (non-hydrogen) atoms. The van der Waals surface area contributed by atoms with Gasteiger partial charge in [-0.15, -0.1) is 0 Å². The highest BCUT2D eigenvalue weighted by atomic mass is 16.6. The third-order valence-electron chi connectivity index (χ3n) is 3.86. The van der Waals surface area contributed by atoms with Crippen LogP contribution in [0.5, 0.6) is 0 Å². The molecular weight excluding hydrogens is 320 g/mol. The summed E-state index contributed by atoms with van der Waals surface area (Å²) in [7, 11) is 1.76. The fraction of sp³-hybridized carbons (Fsp3) is 0.889. The molecule has 0 aromatic carbocycles. The van der Waals surface area contributed by atoms with Crippen LogP contribution in [0.25, 0.3) is 0 Å². The van der Waals surface area contributed by atoms with E-state index in [4.69, 9.17) is 9.47 Å². The Morgan fingerprint density at radius 3 is 2.60 bits per heavy atom. The Balaban J connectivity index is 2.30. The van der Waals surface area contributed by atoms with Gasteiger partial charge >= 0.3 is 6.09 Å². The minimum atomic E-state index is -0.475. The van der Waals surface area contributed by atoms with Crippen LogP contribution in [-0.4, -0.2) is 68.0 Å². The van der Waals surface area contributed by atoms with E-state index in [1.165, 1.54) is 0 Å². The first-order chi connectivity index (χ1) is 11.7. The van der Waals surface area contributed by atoms with Crippen LogP contribution in [-0.2, 0) is 9.47 Å². The van der Waals surface area contributed by atoms with E-state index in [-0.39, 0.29) is 18.2 Å². The van der Waals surface area contributed by atoms with Crippen LogP contribution in [0, 0.1) is 0 Å². The number of aliphatic imine (C=N–C) groups is 1. The van der Waals surface area contributed by atoms with E-state index in [1.807, 2.05) is 34.6 Å². The molecule has 7 heteroatoms. The minimum Gasteiger partial charge on any atom is -0.444 e. The molecule has 146 valence electrons. The molecule has 1 atom stereocenters. The van der Waals surface area contributed by atoms with Crippen molar-refractivity contribution in [3.63, 3.8) is 0 Å². The van der Waals surface area contributed by atoms with Gasteiger partial charge in [-0.1, -0.05) is 0 Å². The van der Waals surface area contributed by atoms with Crippen molar-refractivity contribution in [3.05, 3.63) is 0 Å². The van der Waals surface area contributed by atoms with Gasteiger partial charge in [0, 0.05) is 39.3 Å². The van der Waals surface area contributed by atoms with E-state index in [9.17, 15) is 4.79 Å². The molecule has 1 rings (SSSR count). The fourth-order valence-electron chi connectivity index (χ4n) is 2.57. The Hall–Kier alpha value is -1.50. The Morgan fingerprint density at radius 1 is 1.36 bits per heavy atom. The highest BCUT2D eigenvalue weighted by molar-refractivity contribution is 5.79. The molecule has 0 aliphatic carbocycles. The molecule has 0 bridgehead atoms. The maximum Gasteiger partial charge on any atom is 0.410 e. The fourth-order valence-corrected chi connectivity index (χ4v) is 2.57. The quantitative estimate of drug-likeness (QED) is 0.416. The van der Waals surface area contributed by atoms with Crippen LogP contribution in [0.4, 0.5) is 4.79 Å². The van der Waals surface area contributed by atoms with E-state index < -0.39 is 5.60 Å². The van der Waals surface area contributed by atoms with Gasteiger partial charge in [0.25, 0.3) is 0 Å². The van der Waals surface area contributed by atoms with Crippen molar-refractivity contribution in [3.8, 4) is 0 Å². The number of guanidine groups is 1. The van der Waals surface area contributed by atoms with E-state index in [2.05, 4.69) is 15.6 Å². The SMILES string of the molecule is CN=C(NCCCN(C(=O)OC(C)(C)C)C(C)C)NCC1CCCO1. The minimum absolute atomic E-state index is 0.104. The molecule has 0 aromatic rings. The monoisotopic (exact) mass is 356 g/mol. The molecule has 1 aliphatic heterocycles. The molecule has 0 saturated carbocycles. The van der Waals surface area contributed by atoms with E-state index >= 15 is 0 Å². The van der Waals surface area contributed by atoms with Crippen molar-refractivity contribution in [2.45, 2.75) is 71.6 Å². The van der Waals surface area contributed by atoms with Gasteiger partial charge in [0.15, 0.2) is 5.96 Å². The summed E-state index contributed by atoms with van der Waals surface area (Å²) in [4.78, 5) is 18.2. The van der Waals surface area contributed by atoms with Crippen LogP contribution in [0.1, 0.15) is 53.9 Å². The highest BCUT2D eigenvalue weighted by Crippen LogP contribution is 2.12. The average Bonchev–Trinajstić information content (AvgIpc) is 3.01. The van der Waals surface area contributed by atoms with Gasteiger partial charge in [0.1, 0.15) is 5.60 Å². The molecule has 1 amide bonds. The molecule has 2 N–H and O–H groups in total. The Labute approximate surface area is 152 Å². The maximum atomic E-state index is 12.3. The smallest absolute Gasteiger partial charge is 0.410 e. The van der Waals surface area contributed by atoms with Crippen LogP contribution in [0.3, 0.4) is 0 Å². The number of nitrogens with one attached hydrogen (secondary N) is 2. The van der Waals surface area contributed by atoms with Crippen molar-refractivity contribution >= 4 is 12.1 Å². The molecule has 0 spiro atoms. The molecule has 1 fully saturated rings. The van der Waals surface area contributed by atoms with Gasteiger partial charge in [-0.2, -0.15) is 0 Å². The standard InChI is InChI=1S/C18H36N4O3/c1-14(2)22(17(23)25-18(3,4)5)11-8-10-20-16(19-6)21-13-15-9-7-12-24-15/h14-15H,7-13H2,1-6H3,(H2,19,20,21). The number of nitrogens with zero attached hydrogens (tertiary/aromatic N) is 2. The zero-order chi connectivity index (χ0) is 18.9. The Kier molecular flexibility index (Phi) is 9.03. The van der Waals surface area contributed by atoms with Crippen LogP contribution in [0.2, 0.25) is 0 Å². The van der Waals surface area contributed by atoms with Crippen LogP contribution in [0.15, 0.2) is 4.99 Å². The zero-order valence-electron chi connectivity index (χ0n) is 16.7. The lowest BCUT2D eigenvalue weighted by atomic mass is 10.2. The lowest BCUT2D eigenvalue weighted by Crippen LogP contribution is -2.44. The second-order valence-corrected chi connectivity index (χ2v) is 7.64. The first-order valence-corrected chi connectivity index (χ1v) is 9.28. The van der Waals surface area contributed by atoms with Gasteiger partial charge in [0.05, 0.1) is 6.10 Å². The van der Waals surface area contributed by atoms with Crippen molar-refractivity contribution < 1.29 is 14.3 Å². The molecule has 1 saturated heterocycles. The number of ether oxygens (including phenoxy) is 2. The van der Waals surface area contributed by atoms with Gasteiger partial charge in [-0.25, -0.2) is 4.79 Å². The molecule has 1 heterocycles. The summed E-state index contributed by atoms with van der Waals surface area (Å²) in [5, 5.41) is 6.56. The van der Waals surface area contributed by atoms with Crippen molar-refractivity contribution in [1.29, 1.82) is 0 Å². The van der Waals surface area contributed by atoms with Gasteiger partial charge < -0.3 is 25.0 Å². The highest BCUT2D eigenvalue weighted by Gasteiger charge is 2.23. The predicted molar refractivity (Wildman–Crippen MR) is 101 cm³/mol. The predicted octanol–water partition coefficient (Wildman–Crippen LogP) is 2.37. The zero-order valence-corrected chi connectivity index (χ0v) is 16.7. The molecule has 1 unspecified atom stereocenters. The summed E-state index contributed by atoms with van der Waals surface area (Å²) in [6.07, 6.45) is 3.07. The van der Waals surface area contributed by atoms with E-state index in [0.29, 0.717) is 6.54 Å². The third kappa shape index (κ3) is 8.95. The number of amides is 1. The largest absolute Gasteiger partial charge is 0.444 e. The molecule has 0 aromatic heterocycles. The summed E-state index contributed by atoms with van der Waals surface area (Å²) in [5.74, 6) is 0.767. The molecule has 0 radical (unpaired) electrons. The lowest BCUT2D eigenvalue weighted by molar-refractivity contribution is 0.0190. The molecule has 7 nitrogen and oxygen atoms in total. The third-order valence-corrected chi connectivity index (χ3v) is 3.86. The molecule has 1 aliphatic rings. The van der Waals surface area contributed by atoms with Crippen LogP contribution < -0.4 is 10.6 Å². The first kappa shape index (κ1) is 21.5. The average molecular weight is 357 g/mol. The number of carbonyl (C=O) groups excluding carboxylic acids is 1. The number of rotatable bonds is 7. The maximum absolute atomic E-state index is 12.3. The van der Waals surface area contributed by atoms with E-state index in [1.54, 1.807) is 11.9 Å². The lowest BCUT2D eigenvalue weighted by Gasteiger charge is -2.30. The number of hydrogen-bond acceptors (Lipinski definition) is 4. The van der Waals surface area contributed by atoms with Crippen molar-refractivity contribution in [1.82, 2.24) is 15.5 Å². The van der Waals surface area contributed by atoms with E-state index in [0.717, 1.165) is 44.9 Å². The van der Waals surface area contributed by atoms with Gasteiger partial charge in [-0.05, 0) is 53.9 Å². The number of carbonyl (C=O) groups is 1. The second-order valence-electron chi connectivity index (χ2n) is 7.64. The second kappa shape index (κ2) is 10.5. The topological polar surface area (TPSA) is 75.2 Å².